The first-order valence-corrected chi connectivity index (χ1v) is 34.1. The van der Waals surface area contributed by atoms with E-state index in [0.717, 1.165) is 16.2 Å². The number of carbonyl (C=O) groups is 12. The van der Waals surface area contributed by atoms with Gasteiger partial charge in [0.25, 0.3) is 0 Å². The highest BCUT2D eigenvalue weighted by Gasteiger charge is 2.44. The highest BCUT2D eigenvalue weighted by Crippen LogP contribution is 2.25. The van der Waals surface area contributed by atoms with Gasteiger partial charge in [-0.05, 0) is 105 Å². The number of aromatic hydroxyl groups is 1. The number of phenolic OH excluding ortho intramolecular Hbond substituents is 1. The smallest absolute Gasteiger partial charge is 0.246 e. The summed E-state index contributed by atoms with van der Waals surface area (Å²) in [6, 6.07) is 2.23. The maximum atomic E-state index is 15.4. The fourth-order valence-corrected chi connectivity index (χ4v) is 12.3. The number of phenols is 1. The molecule has 0 aromatic heterocycles. The van der Waals surface area contributed by atoms with Crippen molar-refractivity contribution in [2.45, 2.75) is 208 Å². The van der Waals surface area contributed by atoms with Gasteiger partial charge in [-0.1, -0.05) is 118 Å². The fraction of sp³-hybridized carbons (Fsp3) is 0.662. The van der Waals surface area contributed by atoms with E-state index in [1.165, 1.54) is 99.8 Å². The van der Waals surface area contributed by atoms with Crippen molar-refractivity contribution in [2.75, 3.05) is 69.0 Å². The van der Waals surface area contributed by atoms with Gasteiger partial charge in [0, 0.05) is 75.3 Å². The Labute approximate surface area is 569 Å². The number of carbonyl (C=O) groups excluding carboxylic acids is 12. The zero-order valence-corrected chi connectivity index (χ0v) is 60.5. The molecular formula is C71H112N12O13. The Morgan fingerprint density at radius 3 is 1.54 bits per heavy atom. The Hall–Kier alpha value is -8.12. The number of nitrogens with one attached hydrogen (secondary N) is 4. The lowest BCUT2D eigenvalue weighted by Crippen LogP contribution is -2.62. The fourth-order valence-electron chi connectivity index (χ4n) is 12.3. The van der Waals surface area contributed by atoms with Gasteiger partial charge in [0.05, 0.1) is 13.0 Å². The van der Waals surface area contributed by atoms with Gasteiger partial charge in [-0.3, -0.25) is 57.5 Å². The van der Waals surface area contributed by atoms with E-state index in [9.17, 15) is 48.3 Å². The van der Waals surface area contributed by atoms with E-state index >= 15 is 14.4 Å². The normalized spacial score (nSPS) is 25.6. The topological polar surface area (TPSA) is 299 Å². The summed E-state index contributed by atoms with van der Waals surface area (Å²) >= 11 is 0. The zero-order valence-electron chi connectivity index (χ0n) is 60.5. The molecule has 0 aliphatic carbocycles. The third-order valence-electron chi connectivity index (χ3n) is 18.8. The van der Waals surface area contributed by atoms with Crippen LogP contribution in [0.4, 0.5) is 0 Å². The Kier molecular flexibility index (Phi) is 30.8. The van der Waals surface area contributed by atoms with Gasteiger partial charge in [-0.25, -0.2) is 0 Å². The maximum Gasteiger partial charge on any atom is 0.246 e. The van der Waals surface area contributed by atoms with Crippen LogP contribution >= 0.6 is 0 Å². The molecule has 2 saturated heterocycles. The number of benzene rings is 2. The first kappa shape index (κ1) is 80.3. The third-order valence-corrected chi connectivity index (χ3v) is 18.8. The SMILES string of the molecule is CC[C@H](C)[C@H]1C(=O)N[C@@H](Cc2ccc(O)cc2)C(=O)N(C)CC(=O)N(C)[C@@H](CC(C)C)C(=O)N[C@H](C(=O)N2CCCCC2)CC(=O)N(C)[C@@H](C)C(=O)N[C@@H](C(C)C)C(=O)N(C)[C@@H](CC(C)C)C(=O)N(C)[C@@H](CC(C)C)C(=O)N[C@@H](C)C(=O)N(C)[C@@H](Cc2ccccc2)C(=O)N1C. The van der Waals surface area contributed by atoms with Gasteiger partial charge < -0.3 is 65.6 Å². The molecule has 4 rings (SSSR count). The predicted octanol–water partition coefficient (Wildman–Crippen LogP) is 3.83. The summed E-state index contributed by atoms with van der Waals surface area (Å²) in [6.45, 7) is 21.3. The number of amides is 12. The van der Waals surface area contributed by atoms with Gasteiger partial charge in [-0.15, -0.1) is 0 Å². The summed E-state index contributed by atoms with van der Waals surface area (Å²) in [6.07, 6.45) is 2.22. The van der Waals surface area contributed by atoms with Crippen molar-refractivity contribution in [1.82, 2.24) is 60.5 Å². The van der Waals surface area contributed by atoms with E-state index in [-0.39, 0.29) is 55.6 Å². The largest absolute Gasteiger partial charge is 0.508 e. The van der Waals surface area contributed by atoms with Crippen LogP contribution in [-0.4, -0.2) is 245 Å². The average Bonchev–Trinajstić information content (AvgIpc) is 0.842. The number of rotatable bonds is 14. The Balaban J connectivity index is 1.93. The number of likely N-dealkylation sites (tertiary alicyclic amines) is 1. The standard InChI is InChI=1S/C71H112N12O13/c1-20-46(10)61-65(90)74-52(38-50-29-31-51(84)32-30-50)67(92)76(13)41-59(86)78(15)54(35-42(2)3)64(89)73-53(68(93)83-33-25-22-26-34-83)40-58(85)77(14)48(12)62(87)75-60(45(8)9)71(96)81(18)56(37-44(6)7)69(94)79(16)55(36-43(4)5)63(88)72-47(11)66(91)80(17)57(70(95)82(61)19)39-49-27-23-21-24-28-49/h21,23-24,27-32,42-48,52-57,60-61,84H,20,22,25-26,33-41H2,1-19H3,(H,72,88)(H,73,89)(H,74,90)(H,75,87)/t46-,47-,48-,52-,53-,54-,55-,56-,57-,60-,61-/m0/s1. The first-order chi connectivity index (χ1) is 44.9. The lowest BCUT2D eigenvalue weighted by molar-refractivity contribution is -0.152. The first-order valence-electron chi connectivity index (χ1n) is 34.1. The molecule has 0 radical (unpaired) electrons. The third kappa shape index (κ3) is 22.0. The number of hydrogen-bond donors (Lipinski definition) is 5. The van der Waals surface area contributed by atoms with Crippen LogP contribution < -0.4 is 21.3 Å². The van der Waals surface area contributed by atoms with Crippen LogP contribution in [0.3, 0.4) is 0 Å². The summed E-state index contributed by atoms with van der Waals surface area (Å²) in [5.41, 5.74) is 1.19. The quantitative estimate of drug-likeness (QED) is 0.180. The summed E-state index contributed by atoms with van der Waals surface area (Å²) < 4.78 is 0. The molecule has 0 saturated carbocycles. The van der Waals surface area contributed by atoms with Crippen LogP contribution in [0.1, 0.15) is 146 Å². The minimum atomic E-state index is -1.45. The summed E-state index contributed by atoms with van der Waals surface area (Å²) in [7, 11) is 9.92. The van der Waals surface area contributed by atoms with Gasteiger partial charge in [-0.2, -0.15) is 0 Å². The van der Waals surface area contributed by atoms with E-state index in [2.05, 4.69) is 21.3 Å². The lowest BCUT2D eigenvalue weighted by Gasteiger charge is -2.39. The molecule has 2 aliphatic rings. The molecule has 2 fully saturated rings. The molecule has 5 N–H and O–H groups in total. The van der Waals surface area contributed by atoms with Gasteiger partial charge in [0.1, 0.15) is 66.2 Å². The Morgan fingerprint density at radius 1 is 0.500 bits per heavy atom. The molecule has 12 amide bonds. The summed E-state index contributed by atoms with van der Waals surface area (Å²) in [5, 5.41) is 21.6. The molecule has 534 valence electrons. The average molecular weight is 1340 g/mol. The van der Waals surface area contributed by atoms with Crippen molar-refractivity contribution >= 4 is 70.9 Å². The zero-order chi connectivity index (χ0) is 72.3. The monoisotopic (exact) mass is 1340 g/mol. The van der Waals surface area contributed by atoms with Crippen LogP contribution in [0.5, 0.6) is 5.75 Å². The Bertz CT molecular complexity index is 3010. The molecule has 2 aromatic carbocycles. The minimum absolute atomic E-state index is 0.0260. The van der Waals surface area contributed by atoms with E-state index < -0.39 is 156 Å². The van der Waals surface area contributed by atoms with Crippen LogP contribution in [0.25, 0.3) is 0 Å². The van der Waals surface area contributed by atoms with E-state index in [4.69, 9.17) is 0 Å². The second kappa shape index (κ2) is 36.8. The maximum absolute atomic E-state index is 15.4. The van der Waals surface area contributed by atoms with E-state index in [1.54, 1.807) is 68.1 Å². The highest BCUT2D eigenvalue weighted by atomic mass is 16.3. The second-order valence-corrected chi connectivity index (χ2v) is 28.2. The van der Waals surface area contributed by atoms with Gasteiger partial charge in [0.2, 0.25) is 70.9 Å². The molecule has 2 heterocycles. The summed E-state index contributed by atoms with van der Waals surface area (Å²) in [4.78, 5) is 188. The van der Waals surface area contributed by atoms with Crippen molar-refractivity contribution in [3.05, 3.63) is 65.7 Å². The number of hydrogen-bond acceptors (Lipinski definition) is 13. The molecule has 2 aliphatic heterocycles. The molecule has 25 heteroatoms. The second-order valence-electron chi connectivity index (χ2n) is 28.2. The number of piperidine rings is 1. The molecule has 25 nitrogen and oxygen atoms in total. The van der Waals surface area contributed by atoms with E-state index in [0.29, 0.717) is 43.5 Å². The molecule has 2 aromatic rings. The van der Waals surface area contributed by atoms with Crippen LogP contribution in [0.2, 0.25) is 0 Å². The van der Waals surface area contributed by atoms with Crippen molar-refractivity contribution in [2.24, 2.45) is 29.6 Å². The minimum Gasteiger partial charge on any atom is -0.508 e. The van der Waals surface area contributed by atoms with Crippen LogP contribution in [0, 0.1) is 29.6 Å². The van der Waals surface area contributed by atoms with E-state index in [1.807, 2.05) is 48.5 Å². The number of nitrogens with zero attached hydrogens (tertiary/aromatic N) is 8. The van der Waals surface area contributed by atoms with Crippen molar-refractivity contribution in [1.29, 1.82) is 0 Å². The predicted molar refractivity (Wildman–Crippen MR) is 366 cm³/mol. The number of likely N-dealkylation sites (N-methyl/N-ethyl adjacent to an activating group) is 7. The van der Waals surface area contributed by atoms with Crippen LogP contribution in [-0.2, 0) is 70.4 Å². The molecule has 96 heavy (non-hydrogen) atoms. The molecule has 0 spiro atoms. The highest BCUT2D eigenvalue weighted by molar-refractivity contribution is 6.00. The van der Waals surface area contributed by atoms with Gasteiger partial charge >= 0.3 is 0 Å². The van der Waals surface area contributed by atoms with Crippen molar-refractivity contribution < 1.29 is 62.6 Å². The molecule has 0 unspecified atom stereocenters. The molecule has 11 atom stereocenters. The lowest BCUT2D eigenvalue weighted by atomic mass is 9.94. The van der Waals surface area contributed by atoms with Crippen LogP contribution in [0.15, 0.2) is 54.6 Å². The van der Waals surface area contributed by atoms with Crippen molar-refractivity contribution in [3.63, 3.8) is 0 Å². The van der Waals surface area contributed by atoms with Gasteiger partial charge in [0.15, 0.2) is 0 Å². The molecular weight excluding hydrogens is 1230 g/mol. The molecule has 0 bridgehead atoms. The Morgan fingerprint density at radius 2 is 1.00 bits per heavy atom. The van der Waals surface area contributed by atoms with Crippen molar-refractivity contribution in [3.8, 4) is 5.75 Å². The summed E-state index contributed by atoms with van der Waals surface area (Å²) in [5.74, 6) is -9.79.